The Morgan fingerprint density at radius 2 is 2.00 bits per heavy atom. The smallest absolute Gasteiger partial charge is 0.305 e. The Hall–Kier alpha value is -2.30. The highest BCUT2D eigenvalue weighted by atomic mass is 16.5. The van der Waals surface area contributed by atoms with Crippen molar-refractivity contribution in [2.45, 2.75) is 13.3 Å². The van der Waals surface area contributed by atoms with Gasteiger partial charge < -0.3 is 15.2 Å². The minimum Gasteiger partial charge on any atom is -0.494 e. The lowest BCUT2D eigenvalue weighted by Gasteiger charge is -2.02. The molecule has 0 unspecified atom stereocenters. The van der Waals surface area contributed by atoms with E-state index in [1.165, 1.54) is 6.08 Å². The summed E-state index contributed by atoms with van der Waals surface area (Å²) in [7, 11) is 0. The van der Waals surface area contributed by atoms with Crippen LogP contribution in [0.2, 0.25) is 0 Å². The Morgan fingerprint density at radius 3 is 2.58 bits per heavy atom. The van der Waals surface area contributed by atoms with Gasteiger partial charge in [-0.2, -0.15) is 0 Å². The summed E-state index contributed by atoms with van der Waals surface area (Å²) in [5, 5.41) is 10.9. The van der Waals surface area contributed by atoms with Crippen LogP contribution in [0.15, 0.2) is 30.3 Å². The Kier molecular flexibility index (Phi) is 6.15. The zero-order valence-corrected chi connectivity index (χ0v) is 10.8. The molecule has 1 aromatic rings. The third kappa shape index (κ3) is 6.26. The van der Waals surface area contributed by atoms with Crippen LogP contribution < -0.4 is 10.1 Å². The number of nitrogens with one attached hydrogen (secondary N) is 1. The summed E-state index contributed by atoms with van der Waals surface area (Å²) in [6, 6.07) is 7.33. The summed E-state index contributed by atoms with van der Waals surface area (Å²) in [5.41, 5.74) is 0.872. The van der Waals surface area contributed by atoms with Crippen LogP contribution in [-0.2, 0) is 9.59 Å². The van der Waals surface area contributed by atoms with Gasteiger partial charge in [0.05, 0.1) is 13.0 Å². The molecule has 0 aromatic heterocycles. The predicted octanol–water partition coefficient (Wildman–Crippen LogP) is 1.69. The van der Waals surface area contributed by atoms with Gasteiger partial charge in [0.1, 0.15) is 5.75 Å². The van der Waals surface area contributed by atoms with Crippen molar-refractivity contribution in [3.63, 3.8) is 0 Å². The first-order valence-corrected chi connectivity index (χ1v) is 6.02. The molecule has 0 aliphatic rings. The lowest BCUT2D eigenvalue weighted by atomic mass is 10.2. The number of rotatable bonds is 7. The molecular weight excluding hydrogens is 246 g/mol. The molecule has 0 saturated carbocycles. The molecule has 1 aromatic carbocycles. The van der Waals surface area contributed by atoms with Gasteiger partial charge in [0, 0.05) is 12.6 Å². The fourth-order valence-corrected chi connectivity index (χ4v) is 1.37. The quantitative estimate of drug-likeness (QED) is 0.734. The van der Waals surface area contributed by atoms with Gasteiger partial charge in [-0.25, -0.2) is 0 Å². The number of ether oxygens (including phenoxy) is 1. The van der Waals surface area contributed by atoms with Crippen LogP contribution in [0.25, 0.3) is 6.08 Å². The molecule has 2 N–H and O–H groups in total. The number of benzene rings is 1. The molecule has 5 heteroatoms. The molecule has 1 amide bonds. The van der Waals surface area contributed by atoms with E-state index in [9.17, 15) is 9.59 Å². The number of hydrogen-bond acceptors (Lipinski definition) is 3. The van der Waals surface area contributed by atoms with E-state index in [0.717, 1.165) is 11.3 Å². The Morgan fingerprint density at radius 1 is 1.32 bits per heavy atom. The normalized spacial score (nSPS) is 10.4. The summed E-state index contributed by atoms with van der Waals surface area (Å²) in [4.78, 5) is 21.6. The van der Waals surface area contributed by atoms with Gasteiger partial charge >= 0.3 is 5.97 Å². The van der Waals surface area contributed by atoms with E-state index in [-0.39, 0.29) is 18.9 Å². The molecule has 0 aliphatic carbocycles. The van der Waals surface area contributed by atoms with Crippen LogP contribution in [0.5, 0.6) is 5.75 Å². The molecule has 1 rings (SSSR count). The average Bonchev–Trinajstić information content (AvgIpc) is 2.38. The highest BCUT2D eigenvalue weighted by Crippen LogP contribution is 2.12. The number of carboxylic acid groups (broad SMARTS) is 1. The molecule has 0 bridgehead atoms. The van der Waals surface area contributed by atoms with Crippen LogP contribution in [-0.4, -0.2) is 30.1 Å². The lowest BCUT2D eigenvalue weighted by molar-refractivity contribution is -0.136. The molecule has 102 valence electrons. The van der Waals surface area contributed by atoms with Crippen molar-refractivity contribution in [1.29, 1.82) is 0 Å². The SMILES string of the molecule is CCOc1ccc(/C=C/C(=O)NCCC(=O)O)cc1. The molecule has 0 radical (unpaired) electrons. The van der Waals surface area contributed by atoms with Crippen molar-refractivity contribution in [2.75, 3.05) is 13.2 Å². The number of hydrogen-bond donors (Lipinski definition) is 2. The predicted molar refractivity (Wildman–Crippen MR) is 71.9 cm³/mol. The van der Waals surface area contributed by atoms with Crippen LogP contribution in [0.3, 0.4) is 0 Å². The standard InChI is InChI=1S/C14H17NO4/c1-2-19-12-6-3-11(4-7-12)5-8-13(16)15-10-9-14(17)18/h3-8H,2,9-10H2,1H3,(H,15,16)(H,17,18)/b8-5+. The van der Waals surface area contributed by atoms with E-state index in [0.29, 0.717) is 6.61 Å². The zero-order valence-electron chi connectivity index (χ0n) is 10.8. The van der Waals surface area contributed by atoms with Crippen LogP contribution >= 0.6 is 0 Å². The van der Waals surface area contributed by atoms with Crippen LogP contribution in [0, 0.1) is 0 Å². The summed E-state index contributed by atoms with van der Waals surface area (Å²) >= 11 is 0. The first-order chi connectivity index (χ1) is 9.11. The Bertz CT molecular complexity index is 451. The van der Waals surface area contributed by atoms with E-state index in [4.69, 9.17) is 9.84 Å². The van der Waals surface area contributed by atoms with Crippen molar-refractivity contribution in [1.82, 2.24) is 5.32 Å². The topological polar surface area (TPSA) is 75.6 Å². The minimum absolute atomic E-state index is 0.0807. The van der Waals surface area contributed by atoms with Crippen molar-refractivity contribution < 1.29 is 19.4 Å². The second-order valence-electron chi connectivity index (χ2n) is 3.77. The maximum Gasteiger partial charge on any atom is 0.305 e. The van der Waals surface area contributed by atoms with Gasteiger partial charge in [-0.1, -0.05) is 12.1 Å². The highest BCUT2D eigenvalue weighted by molar-refractivity contribution is 5.91. The monoisotopic (exact) mass is 263 g/mol. The minimum atomic E-state index is -0.934. The number of amides is 1. The van der Waals surface area contributed by atoms with E-state index in [1.807, 2.05) is 31.2 Å². The van der Waals surface area contributed by atoms with E-state index >= 15 is 0 Å². The first-order valence-electron chi connectivity index (χ1n) is 6.02. The van der Waals surface area contributed by atoms with Gasteiger partial charge in [0.25, 0.3) is 0 Å². The van der Waals surface area contributed by atoms with E-state index in [1.54, 1.807) is 6.08 Å². The molecule has 19 heavy (non-hydrogen) atoms. The number of carbonyl (C=O) groups excluding carboxylic acids is 1. The molecule has 0 saturated heterocycles. The van der Waals surface area contributed by atoms with Crippen LogP contribution in [0.1, 0.15) is 18.9 Å². The van der Waals surface area contributed by atoms with Gasteiger partial charge in [-0.3, -0.25) is 9.59 Å². The fraction of sp³-hybridized carbons (Fsp3) is 0.286. The maximum absolute atomic E-state index is 11.4. The Labute approximate surface area is 111 Å². The fourth-order valence-electron chi connectivity index (χ4n) is 1.37. The number of carbonyl (C=O) groups is 2. The summed E-state index contributed by atoms with van der Waals surface area (Å²) in [6.07, 6.45) is 2.95. The molecule has 0 spiro atoms. The molecule has 5 nitrogen and oxygen atoms in total. The van der Waals surface area contributed by atoms with Gasteiger partial charge in [0.2, 0.25) is 5.91 Å². The summed E-state index contributed by atoms with van der Waals surface area (Å²) in [6.45, 7) is 2.65. The highest BCUT2D eigenvalue weighted by Gasteiger charge is 1.98. The molecule has 0 heterocycles. The van der Waals surface area contributed by atoms with Crippen molar-refractivity contribution in [3.8, 4) is 5.75 Å². The van der Waals surface area contributed by atoms with Gasteiger partial charge in [-0.15, -0.1) is 0 Å². The largest absolute Gasteiger partial charge is 0.494 e. The third-order valence-electron chi connectivity index (χ3n) is 2.26. The maximum atomic E-state index is 11.4. The zero-order chi connectivity index (χ0) is 14.1. The molecule has 0 atom stereocenters. The summed E-state index contributed by atoms with van der Waals surface area (Å²) < 4.78 is 5.30. The molecule has 0 aliphatic heterocycles. The summed E-state index contributed by atoms with van der Waals surface area (Å²) in [5.74, 6) is -0.462. The lowest BCUT2D eigenvalue weighted by Crippen LogP contribution is -2.23. The number of carboxylic acids is 1. The third-order valence-corrected chi connectivity index (χ3v) is 2.26. The molecule has 0 fully saturated rings. The first kappa shape index (κ1) is 14.8. The van der Waals surface area contributed by atoms with Gasteiger partial charge in [-0.05, 0) is 30.7 Å². The van der Waals surface area contributed by atoms with Gasteiger partial charge in [0.15, 0.2) is 0 Å². The van der Waals surface area contributed by atoms with Crippen molar-refractivity contribution >= 4 is 18.0 Å². The van der Waals surface area contributed by atoms with E-state index < -0.39 is 5.97 Å². The average molecular weight is 263 g/mol. The number of aliphatic carboxylic acids is 1. The van der Waals surface area contributed by atoms with Crippen molar-refractivity contribution in [3.05, 3.63) is 35.9 Å². The van der Waals surface area contributed by atoms with E-state index in [2.05, 4.69) is 5.32 Å². The van der Waals surface area contributed by atoms with Crippen LogP contribution in [0.4, 0.5) is 0 Å². The second kappa shape index (κ2) is 7.92. The molecular formula is C14H17NO4. The van der Waals surface area contributed by atoms with Crippen molar-refractivity contribution in [2.24, 2.45) is 0 Å². The second-order valence-corrected chi connectivity index (χ2v) is 3.77. The Balaban J connectivity index is 2.42.